The number of benzene rings is 3. The van der Waals surface area contributed by atoms with Crippen LogP contribution in [0.2, 0.25) is 5.02 Å². The Balaban J connectivity index is 1.52. The van der Waals surface area contributed by atoms with Crippen LogP contribution in [0.25, 0.3) is 16.8 Å². The number of anilines is 1. The Morgan fingerprint density at radius 3 is 2.61 bits per heavy atom. The van der Waals surface area contributed by atoms with E-state index in [-0.39, 0.29) is 12.7 Å². The molecule has 0 aliphatic carbocycles. The molecule has 2 heterocycles. The van der Waals surface area contributed by atoms with Crippen LogP contribution in [-0.4, -0.2) is 18.4 Å². The Hall–Kier alpha value is -3.31. The van der Waals surface area contributed by atoms with Crippen LogP contribution in [0.3, 0.4) is 0 Å². The second-order valence-electron chi connectivity index (χ2n) is 6.62. The molecule has 3 aromatic rings. The molecule has 28 heavy (non-hydrogen) atoms. The third-order valence-corrected chi connectivity index (χ3v) is 5.16. The van der Waals surface area contributed by atoms with Crippen molar-refractivity contribution in [1.29, 1.82) is 0 Å². The number of hydrogen-bond acceptors (Lipinski definition) is 4. The van der Waals surface area contributed by atoms with Gasteiger partial charge in [-0.05, 0) is 47.5 Å². The first kappa shape index (κ1) is 16.8. The highest BCUT2D eigenvalue weighted by Gasteiger charge is 2.29. The molecule has 3 aromatic carbocycles. The summed E-state index contributed by atoms with van der Waals surface area (Å²) in [5.41, 5.74) is 2.54. The highest BCUT2D eigenvalue weighted by molar-refractivity contribution is 6.35. The summed E-state index contributed by atoms with van der Waals surface area (Å²) in [6, 6.07) is 17.3. The van der Waals surface area contributed by atoms with Gasteiger partial charge in [-0.1, -0.05) is 41.9 Å². The zero-order chi connectivity index (χ0) is 19.3. The lowest BCUT2D eigenvalue weighted by molar-refractivity contribution is -0.114. The van der Waals surface area contributed by atoms with Crippen LogP contribution in [0.1, 0.15) is 12.5 Å². The van der Waals surface area contributed by atoms with Crippen molar-refractivity contribution in [3.63, 3.8) is 0 Å². The summed E-state index contributed by atoms with van der Waals surface area (Å²) in [5, 5.41) is 8.54. The minimum absolute atomic E-state index is 0.168. The van der Waals surface area contributed by atoms with E-state index in [1.54, 1.807) is 18.2 Å². The van der Waals surface area contributed by atoms with Crippen molar-refractivity contribution in [2.24, 2.45) is 5.10 Å². The monoisotopic (exact) mass is 390 g/mol. The molecule has 0 radical (unpaired) electrons. The topological polar surface area (TPSA) is 51.1 Å². The zero-order valence-electron chi connectivity index (χ0n) is 15.0. The maximum atomic E-state index is 13.0. The van der Waals surface area contributed by atoms with E-state index < -0.39 is 0 Å². The van der Waals surface area contributed by atoms with Gasteiger partial charge in [-0.3, -0.25) is 4.79 Å². The Morgan fingerprint density at radius 2 is 1.79 bits per heavy atom. The van der Waals surface area contributed by atoms with E-state index in [1.165, 1.54) is 5.01 Å². The summed E-state index contributed by atoms with van der Waals surface area (Å²) in [4.78, 5) is 13.0. The Morgan fingerprint density at radius 1 is 1.04 bits per heavy atom. The molecule has 5 nitrogen and oxygen atoms in total. The molecule has 0 spiro atoms. The molecule has 0 atom stereocenters. The fourth-order valence-corrected chi connectivity index (χ4v) is 3.57. The van der Waals surface area contributed by atoms with Gasteiger partial charge in [-0.15, -0.1) is 0 Å². The second kappa shape index (κ2) is 6.39. The van der Waals surface area contributed by atoms with Crippen molar-refractivity contribution in [2.75, 3.05) is 11.8 Å². The Bertz CT molecular complexity index is 1200. The van der Waals surface area contributed by atoms with Crippen LogP contribution < -0.4 is 14.5 Å². The Kier molecular flexibility index (Phi) is 3.84. The molecule has 0 fully saturated rings. The Labute approximate surface area is 166 Å². The van der Waals surface area contributed by atoms with Gasteiger partial charge in [-0.25, -0.2) is 0 Å². The molecule has 0 bridgehead atoms. The van der Waals surface area contributed by atoms with Crippen LogP contribution in [0.4, 0.5) is 5.69 Å². The lowest BCUT2D eigenvalue weighted by Crippen LogP contribution is -2.21. The SMILES string of the molecule is CC1=NN(c2ccc3ccccc3c2)C(=O)/C1=C\c1cc2c(cc1Cl)OCO2. The van der Waals surface area contributed by atoms with Gasteiger partial charge in [0.15, 0.2) is 11.5 Å². The van der Waals surface area contributed by atoms with Crippen molar-refractivity contribution in [3.05, 3.63) is 70.8 Å². The average molecular weight is 391 g/mol. The van der Waals surface area contributed by atoms with Crippen molar-refractivity contribution >= 4 is 45.8 Å². The molecule has 2 aliphatic heterocycles. The second-order valence-corrected chi connectivity index (χ2v) is 7.03. The molecule has 0 aromatic heterocycles. The lowest BCUT2D eigenvalue weighted by Gasteiger charge is -2.12. The predicted molar refractivity (Wildman–Crippen MR) is 110 cm³/mol. The number of amides is 1. The van der Waals surface area contributed by atoms with Gasteiger partial charge in [0.2, 0.25) is 6.79 Å². The van der Waals surface area contributed by atoms with Crippen LogP contribution in [0.15, 0.2) is 65.3 Å². The molecule has 5 rings (SSSR count). The van der Waals surface area contributed by atoms with E-state index >= 15 is 0 Å². The summed E-state index contributed by atoms with van der Waals surface area (Å²) in [7, 11) is 0. The van der Waals surface area contributed by atoms with Gasteiger partial charge in [0.1, 0.15) is 0 Å². The molecule has 0 unspecified atom stereocenters. The number of fused-ring (bicyclic) bond motifs is 2. The third-order valence-electron chi connectivity index (χ3n) is 4.83. The number of hydrazone groups is 1. The number of carbonyl (C=O) groups excluding carboxylic acids is 1. The molecule has 2 aliphatic rings. The maximum absolute atomic E-state index is 13.0. The quantitative estimate of drug-likeness (QED) is 0.577. The number of nitrogens with zero attached hydrogens (tertiary/aromatic N) is 2. The fourth-order valence-electron chi connectivity index (χ4n) is 3.37. The van der Waals surface area contributed by atoms with Gasteiger partial charge in [0.25, 0.3) is 5.91 Å². The van der Waals surface area contributed by atoms with Gasteiger partial charge in [0, 0.05) is 6.07 Å². The average Bonchev–Trinajstić information content (AvgIpc) is 3.26. The number of hydrogen-bond donors (Lipinski definition) is 0. The lowest BCUT2D eigenvalue weighted by atomic mass is 10.1. The van der Waals surface area contributed by atoms with E-state index in [0.717, 1.165) is 16.5 Å². The highest BCUT2D eigenvalue weighted by Crippen LogP contribution is 2.38. The highest BCUT2D eigenvalue weighted by atomic mass is 35.5. The molecule has 0 N–H and O–H groups in total. The third kappa shape index (κ3) is 2.72. The largest absolute Gasteiger partial charge is 0.454 e. The predicted octanol–water partition coefficient (Wildman–Crippen LogP) is 5.03. The maximum Gasteiger partial charge on any atom is 0.280 e. The minimum atomic E-state index is -0.193. The van der Waals surface area contributed by atoms with Crippen LogP contribution in [-0.2, 0) is 4.79 Å². The molecule has 0 saturated heterocycles. The summed E-state index contributed by atoms with van der Waals surface area (Å²) in [6.07, 6.45) is 1.74. The van der Waals surface area contributed by atoms with E-state index in [0.29, 0.717) is 33.4 Å². The number of carbonyl (C=O) groups is 1. The molecular weight excluding hydrogens is 376 g/mol. The first-order valence-corrected chi connectivity index (χ1v) is 9.17. The fraction of sp³-hybridized carbons (Fsp3) is 0.0909. The molecule has 0 saturated carbocycles. The van der Waals surface area contributed by atoms with E-state index in [1.807, 2.05) is 49.4 Å². The van der Waals surface area contributed by atoms with Gasteiger partial charge in [-0.2, -0.15) is 10.1 Å². The van der Waals surface area contributed by atoms with Crippen LogP contribution in [0.5, 0.6) is 11.5 Å². The van der Waals surface area contributed by atoms with Crippen LogP contribution in [0, 0.1) is 0 Å². The molecule has 1 amide bonds. The number of ether oxygens (including phenoxy) is 2. The van der Waals surface area contributed by atoms with Gasteiger partial charge >= 0.3 is 0 Å². The molecule has 6 heteroatoms. The van der Waals surface area contributed by atoms with Crippen molar-refractivity contribution in [1.82, 2.24) is 0 Å². The number of halogens is 1. The summed E-state index contributed by atoms with van der Waals surface area (Å²) in [5.74, 6) is 1.03. The zero-order valence-corrected chi connectivity index (χ0v) is 15.7. The molecular formula is C22H15ClN2O3. The van der Waals surface area contributed by atoms with Crippen molar-refractivity contribution in [3.8, 4) is 11.5 Å². The standard InChI is InChI=1S/C22H15ClN2O3/c1-13-18(9-16-10-20-21(11-19(16)23)28-12-27-20)22(26)25(24-13)17-7-6-14-4-2-3-5-15(14)8-17/h2-11H,12H2,1H3/b18-9-. The summed E-state index contributed by atoms with van der Waals surface area (Å²) >= 11 is 6.36. The summed E-state index contributed by atoms with van der Waals surface area (Å²) < 4.78 is 10.7. The van der Waals surface area contributed by atoms with Crippen molar-refractivity contribution in [2.45, 2.75) is 6.92 Å². The first-order chi connectivity index (χ1) is 13.6. The van der Waals surface area contributed by atoms with E-state index in [2.05, 4.69) is 5.10 Å². The van der Waals surface area contributed by atoms with Gasteiger partial charge < -0.3 is 9.47 Å². The smallest absolute Gasteiger partial charge is 0.280 e. The molecule has 138 valence electrons. The van der Waals surface area contributed by atoms with Gasteiger partial charge in [0.05, 0.1) is 22.0 Å². The minimum Gasteiger partial charge on any atom is -0.454 e. The van der Waals surface area contributed by atoms with Crippen molar-refractivity contribution < 1.29 is 14.3 Å². The first-order valence-electron chi connectivity index (χ1n) is 8.80. The summed E-state index contributed by atoms with van der Waals surface area (Å²) in [6.45, 7) is 1.98. The van der Waals surface area contributed by atoms with E-state index in [4.69, 9.17) is 21.1 Å². The normalized spacial score (nSPS) is 16.9. The van der Waals surface area contributed by atoms with E-state index in [9.17, 15) is 4.79 Å². The number of rotatable bonds is 2. The van der Waals surface area contributed by atoms with Crippen LogP contribution >= 0.6 is 11.6 Å².